The number of carbonyl (C=O) groups is 2. The van der Waals surface area contributed by atoms with Gasteiger partial charge in [-0.1, -0.05) is 366 Å². The first-order valence-corrected chi connectivity index (χ1v) is 35.9. The van der Waals surface area contributed by atoms with Crippen LogP contribution >= 0.6 is 0 Å². The lowest BCUT2D eigenvalue weighted by molar-refractivity contribution is -0.143. The fourth-order valence-electron chi connectivity index (χ4n) is 11.6. The van der Waals surface area contributed by atoms with E-state index in [-0.39, 0.29) is 18.5 Å². The third kappa shape index (κ3) is 63.8. The van der Waals surface area contributed by atoms with Gasteiger partial charge in [0.05, 0.1) is 25.4 Å². The van der Waals surface area contributed by atoms with E-state index in [1.807, 2.05) is 0 Å². The quantitative estimate of drug-likeness (QED) is 0.0320. The van der Waals surface area contributed by atoms with Gasteiger partial charge < -0.3 is 20.3 Å². The first-order chi connectivity index (χ1) is 38.5. The molecule has 0 aromatic heterocycles. The largest absolute Gasteiger partial charge is 0.466 e. The van der Waals surface area contributed by atoms with Gasteiger partial charge in [0.2, 0.25) is 5.91 Å². The summed E-state index contributed by atoms with van der Waals surface area (Å²) < 4.78 is 5.47. The summed E-state index contributed by atoms with van der Waals surface area (Å²) >= 11 is 0. The van der Waals surface area contributed by atoms with Gasteiger partial charge in [-0.3, -0.25) is 9.59 Å². The van der Waals surface area contributed by atoms with E-state index in [1.165, 1.54) is 334 Å². The molecule has 0 aliphatic heterocycles. The topological polar surface area (TPSA) is 95.9 Å². The highest BCUT2D eigenvalue weighted by atomic mass is 16.5. The molecule has 0 aromatic rings. The molecule has 0 aliphatic rings. The molecule has 0 aliphatic carbocycles. The Balaban J connectivity index is 3.32. The zero-order valence-corrected chi connectivity index (χ0v) is 53.2. The smallest absolute Gasteiger partial charge is 0.305 e. The number of esters is 1. The minimum absolute atomic E-state index is 0.0109. The van der Waals surface area contributed by atoms with Gasteiger partial charge in [0.25, 0.3) is 0 Å². The summed E-state index contributed by atoms with van der Waals surface area (Å²) in [5.74, 6) is -0.0152. The summed E-state index contributed by atoms with van der Waals surface area (Å²) in [6, 6.07) is -0.537. The Morgan fingerprint density at radius 2 is 0.615 bits per heavy atom. The van der Waals surface area contributed by atoms with Crippen molar-refractivity contribution in [3.05, 3.63) is 12.2 Å². The Bertz CT molecular complexity index is 1180. The maximum atomic E-state index is 12.5. The van der Waals surface area contributed by atoms with E-state index in [1.54, 1.807) is 0 Å². The highest BCUT2D eigenvalue weighted by molar-refractivity contribution is 5.76. The summed E-state index contributed by atoms with van der Waals surface area (Å²) in [5.41, 5.74) is 0. The number of ether oxygens (including phenoxy) is 1. The molecule has 0 bridgehead atoms. The summed E-state index contributed by atoms with van der Waals surface area (Å²) in [6.07, 6.45) is 84.2. The summed E-state index contributed by atoms with van der Waals surface area (Å²) in [4.78, 5) is 24.5. The van der Waals surface area contributed by atoms with Crippen LogP contribution < -0.4 is 5.32 Å². The number of allylic oxidation sites excluding steroid dienone is 2. The molecule has 78 heavy (non-hydrogen) atoms. The van der Waals surface area contributed by atoms with Crippen molar-refractivity contribution in [1.82, 2.24) is 5.32 Å². The van der Waals surface area contributed by atoms with Crippen LogP contribution in [-0.4, -0.2) is 47.4 Å². The number of amides is 1. The van der Waals surface area contributed by atoms with Gasteiger partial charge in [-0.25, -0.2) is 0 Å². The zero-order chi connectivity index (χ0) is 56.4. The average molecular weight is 1100 g/mol. The van der Waals surface area contributed by atoms with Crippen LogP contribution in [0.15, 0.2) is 12.2 Å². The van der Waals surface area contributed by atoms with Crippen molar-refractivity contribution in [2.45, 2.75) is 424 Å². The number of rotatable bonds is 68. The highest BCUT2D eigenvalue weighted by Gasteiger charge is 2.20. The minimum atomic E-state index is -0.661. The van der Waals surface area contributed by atoms with Crippen LogP contribution in [0.25, 0.3) is 0 Å². The summed E-state index contributed by atoms with van der Waals surface area (Å²) in [5, 5.41) is 23.4. The van der Waals surface area contributed by atoms with Crippen LogP contribution in [0, 0.1) is 0 Å². The second-order valence-corrected chi connectivity index (χ2v) is 24.9. The van der Waals surface area contributed by atoms with Gasteiger partial charge in [0.1, 0.15) is 0 Å². The number of aliphatic hydroxyl groups is 2. The Morgan fingerprint density at radius 1 is 0.346 bits per heavy atom. The van der Waals surface area contributed by atoms with E-state index in [0.717, 1.165) is 44.9 Å². The molecular formula is C72H141NO5. The van der Waals surface area contributed by atoms with Crippen molar-refractivity contribution in [3.63, 3.8) is 0 Å². The van der Waals surface area contributed by atoms with Gasteiger partial charge in [0, 0.05) is 12.8 Å². The van der Waals surface area contributed by atoms with E-state index < -0.39 is 12.1 Å². The molecule has 0 heterocycles. The first-order valence-electron chi connectivity index (χ1n) is 35.9. The Kier molecular flexibility index (Phi) is 66.9. The second kappa shape index (κ2) is 68.1. The summed E-state index contributed by atoms with van der Waals surface area (Å²) in [6.45, 7) is 4.96. The molecule has 2 unspecified atom stereocenters. The van der Waals surface area contributed by atoms with E-state index in [4.69, 9.17) is 4.74 Å². The number of unbranched alkanes of at least 4 members (excludes halogenated alkanes) is 55. The molecule has 0 saturated carbocycles. The summed E-state index contributed by atoms with van der Waals surface area (Å²) in [7, 11) is 0. The number of aliphatic hydroxyl groups excluding tert-OH is 2. The first kappa shape index (κ1) is 76.6. The van der Waals surface area contributed by atoms with Crippen molar-refractivity contribution < 1.29 is 24.5 Å². The van der Waals surface area contributed by atoms with Crippen molar-refractivity contribution >= 4 is 11.9 Å². The molecule has 0 radical (unpaired) electrons. The van der Waals surface area contributed by atoms with Crippen LogP contribution in [0.3, 0.4) is 0 Å². The number of hydrogen-bond acceptors (Lipinski definition) is 5. The van der Waals surface area contributed by atoms with E-state index in [2.05, 4.69) is 31.3 Å². The van der Waals surface area contributed by atoms with Crippen LogP contribution in [0.2, 0.25) is 0 Å². The number of hydrogen-bond donors (Lipinski definition) is 3. The fraction of sp³-hybridized carbons (Fsp3) is 0.944. The lowest BCUT2D eigenvalue weighted by Gasteiger charge is -2.22. The van der Waals surface area contributed by atoms with Crippen molar-refractivity contribution in [2.24, 2.45) is 0 Å². The van der Waals surface area contributed by atoms with Crippen LogP contribution in [0.1, 0.15) is 412 Å². The number of carbonyl (C=O) groups excluding carboxylic acids is 2. The predicted molar refractivity (Wildman–Crippen MR) is 343 cm³/mol. The van der Waals surface area contributed by atoms with Crippen LogP contribution in [0.4, 0.5) is 0 Å². The van der Waals surface area contributed by atoms with Gasteiger partial charge in [-0.2, -0.15) is 0 Å². The lowest BCUT2D eigenvalue weighted by atomic mass is 10.0. The molecule has 0 spiro atoms. The molecule has 6 nitrogen and oxygen atoms in total. The average Bonchev–Trinajstić information content (AvgIpc) is 3.44. The highest BCUT2D eigenvalue weighted by Crippen LogP contribution is 2.20. The number of nitrogens with one attached hydrogen (secondary N) is 1. The fourth-order valence-corrected chi connectivity index (χ4v) is 11.6. The van der Waals surface area contributed by atoms with Crippen LogP contribution in [-0.2, 0) is 14.3 Å². The molecule has 3 N–H and O–H groups in total. The zero-order valence-electron chi connectivity index (χ0n) is 53.2. The van der Waals surface area contributed by atoms with E-state index >= 15 is 0 Å². The third-order valence-corrected chi connectivity index (χ3v) is 17.1. The normalized spacial score (nSPS) is 12.5. The van der Waals surface area contributed by atoms with Gasteiger partial charge in [0.15, 0.2) is 0 Å². The van der Waals surface area contributed by atoms with Crippen molar-refractivity contribution in [2.75, 3.05) is 13.2 Å². The van der Waals surface area contributed by atoms with Gasteiger partial charge in [-0.15, -0.1) is 0 Å². The maximum Gasteiger partial charge on any atom is 0.305 e. The Labute approximate surface area is 489 Å². The van der Waals surface area contributed by atoms with Gasteiger partial charge in [-0.05, 0) is 44.9 Å². The SMILES string of the molecule is CCCC/C=C\CCCCCCCC(=O)OCCCCCCCCCCCCCCCCCCCCCCCCCCCCCCCCCCC(=O)NC(CO)C(O)CCCCCCCCCCCCCCCCCCCC. The van der Waals surface area contributed by atoms with Crippen molar-refractivity contribution in [1.29, 1.82) is 0 Å². The molecular weight excluding hydrogens is 959 g/mol. The molecule has 1 amide bonds. The van der Waals surface area contributed by atoms with Crippen LogP contribution in [0.5, 0.6) is 0 Å². The molecule has 0 rings (SSSR count). The third-order valence-electron chi connectivity index (χ3n) is 17.1. The molecule has 0 fully saturated rings. The minimum Gasteiger partial charge on any atom is -0.466 e. The molecule has 6 heteroatoms. The standard InChI is InChI=1S/C72H141NO5/c1-3-5-7-9-11-13-15-16-17-18-35-38-41-45-48-52-56-60-64-70(75)69(68-74)73-71(76)65-61-57-53-49-46-42-39-36-33-31-29-27-25-23-21-19-20-22-24-26-28-30-32-34-37-40-43-47-51-55-59-63-67-78-72(77)66-62-58-54-50-44-14-12-10-8-6-4-2/h10,12,69-70,74-75H,3-9,11,13-68H2,1-2H3,(H,73,76)/b12-10-. The lowest BCUT2D eigenvalue weighted by Crippen LogP contribution is -2.45. The van der Waals surface area contributed by atoms with E-state index in [9.17, 15) is 19.8 Å². The molecule has 0 aromatic carbocycles. The molecule has 464 valence electrons. The monoisotopic (exact) mass is 1100 g/mol. The van der Waals surface area contributed by atoms with Crippen molar-refractivity contribution in [3.8, 4) is 0 Å². The predicted octanol–water partition coefficient (Wildman–Crippen LogP) is 23.1. The van der Waals surface area contributed by atoms with Gasteiger partial charge >= 0.3 is 5.97 Å². The maximum absolute atomic E-state index is 12.5. The van der Waals surface area contributed by atoms with E-state index in [0.29, 0.717) is 25.9 Å². The second-order valence-electron chi connectivity index (χ2n) is 24.9. The molecule has 2 atom stereocenters. The Morgan fingerprint density at radius 3 is 0.949 bits per heavy atom. The molecule has 0 saturated heterocycles. The Hall–Kier alpha value is -1.40.